The van der Waals surface area contributed by atoms with Gasteiger partial charge >= 0.3 is 5.97 Å². The number of hydrogen-bond donors (Lipinski definition) is 2. The smallest absolute Gasteiger partial charge is 0.303 e. The molecular formula is C24H40O3. The monoisotopic (exact) mass is 376 g/mol. The molecule has 4 rings (SSSR count). The van der Waals surface area contributed by atoms with Crippen molar-refractivity contribution in [2.45, 2.75) is 97.5 Å². The summed E-state index contributed by atoms with van der Waals surface area (Å²) < 4.78 is 0. The van der Waals surface area contributed by atoms with Gasteiger partial charge in [0.25, 0.3) is 0 Å². The van der Waals surface area contributed by atoms with Gasteiger partial charge in [-0.2, -0.15) is 0 Å². The van der Waals surface area contributed by atoms with Crippen molar-refractivity contribution in [3.8, 4) is 0 Å². The summed E-state index contributed by atoms with van der Waals surface area (Å²) in [6.07, 6.45) is 12.4. The van der Waals surface area contributed by atoms with Crippen molar-refractivity contribution < 1.29 is 15.0 Å². The Morgan fingerprint density at radius 1 is 1.00 bits per heavy atom. The second-order valence-electron chi connectivity index (χ2n) is 11.2. The van der Waals surface area contributed by atoms with E-state index < -0.39 is 5.97 Å². The minimum Gasteiger partial charge on any atom is -0.481 e. The highest BCUT2D eigenvalue weighted by molar-refractivity contribution is 5.66. The van der Waals surface area contributed by atoms with Crippen molar-refractivity contribution in [1.29, 1.82) is 0 Å². The van der Waals surface area contributed by atoms with Crippen LogP contribution in [0.15, 0.2) is 0 Å². The third-order valence-electron chi connectivity index (χ3n) is 10.2. The Kier molecular flexibility index (Phi) is 5.15. The fourth-order valence-electron chi connectivity index (χ4n) is 8.76. The molecule has 0 amide bonds. The molecule has 27 heavy (non-hydrogen) atoms. The maximum Gasteiger partial charge on any atom is 0.303 e. The predicted molar refractivity (Wildman–Crippen MR) is 107 cm³/mol. The number of aliphatic hydroxyl groups excluding tert-OH is 1. The molecule has 9 atom stereocenters. The van der Waals surface area contributed by atoms with Crippen LogP contribution in [0.5, 0.6) is 0 Å². The standard InChI is InChI=1S/C24H40O3/c1-15(4-9-22(26)27)19-7-8-20-18-6-5-16-14-17(25)10-12-23(16,2)21(18)11-13-24(19,20)3/h15-21,25H,4-14H2,1-3H3,(H,26,27)/t15-,16-,17-,18+,19+,20+,21+,23+,24-/m1/s1. The summed E-state index contributed by atoms with van der Waals surface area (Å²) in [6.45, 7) is 7.43. The lowest BCUT2D eigenvalue weighted by molar-refractivity contribution is -0.138. The van der Waals surface area contributed by atoms with E-state index in [1.807, 2.05) is 0 Å². The van der Waals surface area contributed by atoms with E-state index in [1.165, 1.54) is 44.9 Å². The second kappa shape index (κ2) is 7.04. The highest BCUT2D eigenvalue weighted by Gasteiger charge is 2.60. The van der Waals surface area contributed by atoms with Gasteiger partial charge in [-0.25, -0.2) is 0 Å². The van der Waals surface area contributed by atoms with Crippen LogP contribution in [0, 0.1) is 46.3 Å². The number of hydrogen-bond acceptors (Lipinski definition) is 2. The van der Waals surface area contributed by atoms with Crippen molar-refractivity contribution in [2.75, 3.05) is 0 Å². The van der Waals surface area contributed by atoms with E-state index in [0.717, 1.165) is 42.9 Å². The van der Waals surface area contributed by atoms with Crippen LogP contribution in [0.3, 0.4) is 0 Å². The average molecular weight is 377 g/mol. The number of rotatable bonds is 4. The molecule has 0 radical (unpaired) electrons. The molecule has 4 saturated carbocycles. The van der Waals surface area contributed by atoms with Gasteiger partial charge in [-0.05, 0) is 111 Å². The molecule has 2 N–H and O–H groups in total. The number of carboxylic acids is 1. The van der Waals surface area contributed by atoms with Crippen LogP contribution >= 0.6 is 0 Å². The summed E-state index contributed by atoms with van der Waals surface area (Å²) in [7, 11) is 0. The molecule has 0 unspecified atom stereocenters. The van der Waals surface area contributed by atoms with Gasteiger partial charge in [0, 0.05) is 6.42 Å². The molecule has 0 bridgehead atoms. The van der Waals surface area contributed by atoms with Gasteiger partial charge in [-0.1, -0.05) is 20.8 Å². The van der Waals surface area contributed by atoms with Crippen LogP contribution in [0.25, 0.3) is 0 Å². The largest absolute Gasteiger partial charge is 0.481 e. The molecular weight excluding hydrogens is 336 g/mol. The molecule has 0 aliphatic heterocycles. The van der Waals surface area contributed by atoms with Crippen molar-refractivity contribution in [3.63, 3.8) is 0 Å². The lowest BCUT2D eigenvalue weighted by atomic mass is 9.44. The van der Waals surface area contributed by atoms with E-state index >= 15 is 0 Å². The van der Waals surface area contributed by atoms with Crippen molar-refractivity contribution >= 4 is 5.97 Å². The first kappa shape index (κ1) is 19.7. The third-order valence-corrected chi connectivity index (χ3v) is 10.2. The fraction of sp³-hybridized carbons (Fsp3) is 0.958. The molecule has 154 valence electrons. The van der Waals surface area contributed by atoms with E-state index in [-0.39, 0.29) is 6.10 Å². The van der Waals surface area contributed by atoms with E-state index in [1.54, 1.807) is 0 Å². The van der Waals surface area contributed by atoms with E-state index in [9.17, 15) is 9.90 Å². The zero-order chi connectivity index (χ0) is 19.4. The molecule has 3 nitrogen and oxygen atoms in total. The Morgan fingerprint density at radius 2 is 1.70 bits per heavy atom. The number of fused-ring (bicyclic) bond motifs is 5. The Hall–Kier alpha value is -0.570. The van der Waals surface area contributed by atoms with Gasteiger partial charge in [0.2, 0.25) is 0 Å². The first-order chi connectivity index (χ1) is 12.8. The number of carboxylic acid groups (broad SMARTS) is 1. The summed E-state index contributed by atoms with van der Waals surface area (Å²) in [4.78, 5) is 11.0. The number of carbonyl (C=O) groups is 1. The van der Waals surface area contributed by atoms with E-state index in [0.29, 0.717) is 29.1 Å². The van der Waals surface area contributed by atoms with Crippen molar-refractivity contribution in [1.82, 2.24) is 0 Å². The summed E-state index contributed by atoms with van der Waals surface area (Å²) in [5.74, 6) is 3.91. The van der Waals surface area contributed by atoms with Crippen LogP contribution in [0.4, 0.5) is 0 Å². The summed E-state index contributed by atoms with van der Waals surface area (Å²) in [5.41, 5.74) is 0.882. The minimum atomic E-state index is -0.643. The molecule has 4 aliphatic rings. The molecule has 0 saturated heterocycles. The molecule has 0 spiro atoms. The van der Waals surface area contributed by atoms with Crippen LogP contribution < -0.4 is 0 Å². The number of aliphatic carboxylic acids is 1. The molecule has 0 aromatic rings. The van der Waals surface area contributed by atoms with Gasteiger partial charge in [0.05, 0.1) is 6.10 Å². The Morgan fingerprint density at radius 3 is 2.44 bits per heavy atom. The van der Waals surface area contributed by atoms with Crippen molar-refractivity contribution in [3.05, 3.63) is 0 Å². The molecule has 4 aliphatic carbocycles. The van der Waals surface area contributed by atoms with Gasteiger partial charge < -0.3 is 10.2 Å². The van der Waals surface area contributed by atoms with Crippen LogP contribution in [-0.2, 0) is 4.79 Å². The van der Waals surface area contributed by atoms with Crippen LogP contribution in [-0.4, -0.2) is 22.3 Å². The highest BCUT2D eigenvalue weighted by Crippen LogP contribution is 2.68. The SMILES string of the molecule is C[C@H](CCC(=O)O)[C@@H]1CC[C@H]2[C@@H]3CC[C@@H]4C[C@H](O)CC[C@]4(C)[C@H]3CC[C@@]21C. The molecule has 4 fully saturated rings. The maximum atomic E-state index is 11.0. The lowest BCUT2D eigenvalue weighted by Crippen LogP contribution is -2.54. The summed E-state index contributed by atoms with van der Waals surface area (Å²) in [5, 5.41) is 19.3. The zero-order valence-electron chi connectivity index (χ0n) is 17.6. The van der Waals surface area contributed by atoms with Gasteiger partial charge in [0.15, 0.2) is 0 Å². The molecule has 3 heteroatoms. The van der Waals surface area contributed by atoms with Crippen LogP contribution in [0.2, 0.25) is 0 Å². The van der Waals surface area contributed by atoms with Gasteiger partial charge in [-0.3, -0.25) is 4.79 Å². The topological polar surface area (TPSA) is 57.5 Å². The van der Waals surface area contributed by atoms with Gasteiger partial charge in [0.1, 0.15) is 0 Å². The van der Waals surface area contributed by atoms with Gasteiger partial charge in [-0.15, -0.1) is 0 Å². The molecule has 0 aromatic carbocycles. The fourth-order valence-corrected chi connectivity index (χ4v) is 8.76. The van der Waals surface area contributed by atoms with E-state index in [2.05, 4.69) is 20.8 Å². The Labute approximate surface area is 165 Å². The molecule has 0 heterocycles. The second-order valence-corrected chi connectivity index (χ2v) is 11.2. The number of aliphatic hydroxyl groups is 1. The summed E-state index contributed by atoms with van der Waals surface area (Å²) >= 11 is 0. The van der Waals surface area contributed by atoms with Crippen molar-refractivity contribution in [2.24, 2.45) is 46.3 Å². The van der Waals surface area contributed by atoms with Crippen LogP contribution in [0.1, 0.15) is 91.4 Å². The maximum absolute atomic E-state index is 11.0. The predicted octanol–water partition coefficient (Wildman–Crippen LogP) is 5.51. The summed E-state index contributed by atoms with van der Waals surface area (Å²) in [6, 6.07) is 0. The normalized spacial score (nSPS) is 50.4. The Bertz CT molecular complexity index is 574. The third kappa shape index (κ3) is 3.16. The Balaban J connectivity index is 1.51. The first-order valence-electron chi connectivity index (χ1n) is 11.7. The average Bonchev–Trinajstić information content (AvgIpc) is 2.97. The zero-order valence-corrected chi connectivity index (χ0v) is 17.6. The lowest BCUT2D eigenvalue weighted by Gasteiger charge is -2.61. The highest BCUT2D eigenvalue weighted by atomic mass is 16.4. The quantitative estimate of drug-likeness (QED) is 0.680. The molecule has 0 aromatic heterocycles. The first-order valence-corrected chi connectivity index (χ1v) is 11.7. The minimum absolute atomic E-state index is 0.0561. The van der Waals surface area contributed by atoms with E-state index in [4.69, 9.17) is 5.11 Å².